The van der Waals surface area contributed by atoms with Crippen molar-refractivity contribution in [3.63, 3.8) is 0 Å². The number of halogens is 1. The molecule has 0 unspecified atom stereocenters. The van der Waals surface area contributed by atoms with Crippen LogP contribution in [0.15, 0.2) is 48.7 Å². The summed E-state index contributed by atoms with van der Waals surface area (Å²) in [6, 6.07) is 12.2. The van der Waals surface area contributed by atoms with E-state index in [0.717, 1.165) is 0 Å². The van der Waals surface area contributed by atoms with Gasteiger partial charge in [-0.05, 0) is 17.1 Å². The molecule has 3 rings (SSSR count). The van der Waals surface area contributed by atoms with Crippen molar-refractivity contribution < 1.29 is 4.92 Å². The summed E-state index contributed by atoms with van der Waals surface area (Å²) in [5.74, 6) is -0.0799. The smallest absolute Gasteiger partial charge is 0.355 e. The second-order valence-electron chi connectivity index (χ2n) is 3.95. The minimum Gasteiger partial charge on any atom is -0.358 e. The first-order chi connectivity index (χ1) is 9.18. The zero-order valence-corrected chi connectivity index (χ0v) is 10.4. The predicted molar refractivity (Wildman–Crippen MR) is 72.3 cm³/mol. The fourth-order valence-electron chi connectivity index (χ4n) is 1.99. The topological polar surface area (TPSA) is 60.4 Å². The Morgan fingerprint density at radius 1 is 1.16 bits per heavy atom. The molecule has 1 aromatic carbocycles. The first-order valence-electron chi connectivity index (χ1n) is 5.55. The lowest BCUT2D eigenvalue weighted by Crippen LogP contribution is -1.95. The minimum atomic E-state index is -0.446. The van der Waals surface area contributed by atoms with Crippen LogP contribution < -0.4 is 0 Å². The van der Waals surface area contributed by atoms with E-state index in [4.69, 9.17) is 11.6 Å². The Kier molecular flexibility index (Phi) is 2.68. The molecule has 0 amide bonds. The summed E-state index contributed by atoms with van der Waals surface area (Å²) in [5, 5.41) is 11.7. The van der Waals surface area contributed by atoms with Crippen LogP contribution in [0, 0.1) is 10.1 Å². The number of hydrogen-bond acceptors (Lipinski definition) is 3. The summed E-state index contributed by atoms with van der Waals surface area (Å²) < 4.78 is 1.44. The first kappa shape index (κ1) is 11.7. The molecule has 0 fully saturated rings. The molecule has 0 aliphatic rings. The van der Waals surface area contributed by atoms with Crippen molar-refractivity contribution >= 4 is 23.1 Å². The molecular weight excluding hydrogens is 266 g/mol. The van der Waals surface area contributed by atoms with E-state index < -0.39 is 4.92 Å². The number of imidazole rings is 1. The predicted octanol–water partition coefficient (Wildman–Crippen LogP) is 3.56. The summed E-state index contributed by atoms with van der Waals surface area (Å²) in [6.07, 6.45) is 1.61. The number of hydrogen-bond donors (Lipinski definition) is 0. The molecular formula is C13H8ClN3O2. The Morgan fingerprint density at radius 3 is 2.63 bits per heavy atom. The van der Waals surface area contributed by atoms with Gasteiger partial charge in [-0.1, -0.05) is 35.9 Å². The monoisotopic (exact) mass is 273 g/mol. The lowest BCUT2D eigenvalue weighted by Gasteiger charge is -2.00. The number of fused-ring (bicyclic) bond motifs is 1. The molecule has 0 radical (unpaired) electrons. The Hall–Kier alpha value is -2.40. The Labute approximate surface area is 113 Å². The maximum Gasteiger partial charge on any atom is 0.355 e. The summed E-state index contributed by atoms with van der Waals surface area (Å²) in [4.78, 5) is 15.1. The molecule has 0 N–H and O–H groups in total. The highest BCUT2D eigenvalue weighted by Gasteiger charge is 2.24. The quantitative estimate of drug-likeness (QED) is 0.530. The average molecular weight is 274 g/mol. The van der Waals surface area contributed by atoms with Crippen molar-refractivity contribution in [2.24, 2.45) is 0 Å². The summed E-state index contributed by atoms with van der Waals surface area (Å²) in [6.45, 7) is 0. The maximum absolute atomic E-state index is 11.3. The molecule has 0 bridgehead atoms. The lowest BCUT2D eigenvalue weighted by atomic mass is 10.1. The van der Waals surface area contributed by atoms with Gasteiger partial charge in [-0.25, -0.2) is 0 Å². The molecule has 3 aromatic rings. The van der Waals surface area contributed by atoms with Gasteiger partial charge < -0.3 is 10.1 Å². The number of aromatic nitrogens is 2. The van der Waals surface area contributed by atoms with Gasteiger partial charge in [0.05, 0.1) is 11.2 Å². The van der Waals surface area contributed by atoms with Gasteiger partial charge in [0.1, 0.15) is 0 Å². The van der Waals surface area contributed by atoms with E-state index in [1.807, 2.05) is 0 Å². The van der Waals surface area contributed by atoms with Crippen molar-refractivity contribution in [3.05, 3.63) is 63.8 Å². The van der Waals surface area contributed by atoms with Gasteiger partial charge in [0.2, 0.25) is 5.65 Å². The number of nitro groups is 1. The standard InChI is InChI=1S/C13H8ClN3O2/c14-10-6-2-1-5-9(10)12-13(17(18)19)16-8-4-3-7-11(16)15-12/h1-8H. The Morgan fingerprint density at radius 2 is 1.89 bits per heavy atom. The average Bonchev–Trinajstić information content (AvgIpc) is 2.78. The van der Waals surface area contributed by atoms with Gasteiger partial charge >= 0.3 is 5.82 Å². The fourth-order valence-corrected chi connectivity index (χ4v) is 2.22. The van der Waals surface area contributed by atoms with Gasteiger partial charge in [0.15, 0.2) is 5.69 Å². The molecule has 0 aliphatic heterocycles. The van der Waals surface area contributed by atoms with Gasteiger partial charge in [-0.3, -0.25) is 0 Å². The number of rotatable bonds is 2. The third-order valence-electron chi connectivity index (χ3n) is 2.81. The van der Waals surface area contributed by atoms with Crippen LogP contribution in [0.5, 0.6) is 0 Å². The molecule has 19 heavy (non-hydrogen) atoms. The fraction of sp³-hybridized carbons (Fsp3) is 0. The Balaban J connectivity index is 2.38. The van der Waals surface area contributed by atoms with Crippen LogP contribution in [0.4, 0.5) is 5.82 Å². The summed E-state index contributed by atoms with van der Waals surface area (Å²) in [7, 11) is 0. The first-order valence-corrected chi connectivity index (χ1v) is 5.92. The van der Waals surface area contributed by atoms with E-state index in [0.29, 0.717) is 16.2 Å². The van der Waals surface area contributed by atoms with Gasteiger partial charge in [0, 0.05) is 11.6 Å². The molecule has 2 heterocycles. The van der Waals surface area contributed by atoms with Crippen LogP contribution in [0.3, 0.4) is 0 Å². The van der Waals surface area contributed by atoms with E-state index in [1.165, 1.54) is 4.40 Å². The zero-order chi connectivity index (χ0) is 13.4. The molecule has 0 spiro atoms. The third kappa shape index (κ3) is 1.84. The summed E-state index contributed by atoms with van der Waals surface area (Å²) >= 11 is 6.09. The number of nitrogens with zero attached hydrogens (tertiary/aromatic N) is 3. The van der Waals surface area contributed by atoms with E-state index >= 15 is 0 Å². The molecule has 0 saturated heterocycles. The number of pyridine rings is 1. The second-order valence-corrected chi connectivity index (χ2v) is 4.36. The molecule has 0 atom stereocenters. The van der Waals surface area contributed by atoms with Crippen LogP contribution in [0.2, 0.25) is 5.02 Å². The van der Waals surface area contributed by atoms with Crippen molar-refractivity contribution in [1.82, 2.24) is 9.38 Å². The van der Waals surface area contributed by atoms with E-state index in [9.17, 15) is 10.1 Å². The zero-order valence-electron chi connectivity index (χ0n) is 9.65. The van der Waals surface area contributed by atoms with Gasteiger partial charge in [0.25, 0.3) is 0 Å². The van der Waals surface area contributed by atoms with Crippen LogP contribution in [0.1, 0.15) is 0 Å². The van der Waals surface area contributed by atoms with Gasteiger partial charge in [-0.15, -0.1) is 0 Å². The third-order valence-corrected chi connectivity index (χ3v) is 3.14. The van der Waals surface area contributed by atoms with E-state index in [2.05, 4.69) is 4.98 Å². The van der Waals surface area contributed by atoms with Crippen molar-refractivity contribution in [3.8, 4) is 11.3 Å². The summed E-state index contributed by atoms with van der Waals surface area (Å²) in [5.41, 5.74) is 1.35. The highest BCUT2D eigenvalue weighted by atomic mass is 35.5. The highest BCUT2D eigenvalue weighted by Crippen LogP contribution is 2.34. The molecule has 94 valence electrons. The second kappa shape index (κ2) is 4.37. The Bertz CT molecular complexity index is 782. The minimum absolute atomic E-state index is 0.0799. The van der Waals surface area contributed by atoms with Crippen molar-refractivity contribution in [2.45, 2.75) is 0 Å². The highest BCUT2D eigenvalue weighted by molar-refractivity contribution is 6.33. The molecule has 6 heteroatoms. The maximum atomic E-state index is 11.3. The SMILES string of the molecule is O=[N+]([O-])c1c(-c2ccccc2Cl)nc2ccccn12. The number of benzene rings is 1. The lowest BCUT2D eigenvalue weighted by molar-refractivity contribution is -0.389. The normalized spacial score (nSPS) is 10.8. The largest absolute Gasteiger partial charge is 0.358 e. The molecule has 2 aromatic heterocycles. The molecule has 5 nitrogen and oxygen atoms in total. The van der Waals surface area contributed by atoms with Crippen LogP contribution >= 0.6 is 11.6 Å². The molecule has 0 aliphatic carbocycles. The van der Waals surface area contributed by atoms with Gasteiger partial charge in [-0.2, -0.15) is 9.38 Å². The van der Waals surface area contributed by atoms with E-state index in [1.54, 1.807) is 48.7 Å². The van der Waals surface area contributed by atoms with Crippen LogP contribution in [-0.2, 0) is 0 Å². The van der Waals surface area contributed by atoms with Crippen LogP contribution in [-0.4, -0.2) is 14.3 Å². The molecule has 0 saturated carbocycles. The van der Waals surface area contributed by atoms with Crippen molar-refractivity contribution in [1.29, 1.82) is 0 Å². The van der Waals surface area contributed by atoms with Crippen molar-refractivity contribution in [2.75, 3.05) is 0 Å². The van der Waals surface area contributed by atoms with Crippen LogP contribution in [0.25, 0.3) is 16.9 Å². The van der Waals surface area contributed by atoms with E-state index in [-0.39, 0.29) is 11.5 Å².